The molecule has 0 bridgehead atoms. The topological polar surface area (TPSA) is 68.3 Å². The second-order valence-corrected chi connectivity index (χ2v) is 7.49. The molecule has 0 spiro atoms. The maximum atomic E-state index is 12.3. The van der Waals surface area contributed by atoms with Gasteiger partial charge in [0.05, 0.1) is 11.2 Å². The molecule has 0 aliphatic rings. The molecule has 3 aromatic rings. The number of nitrogens with zero attached hydrogens (tertiary/aromatic N) is 1. The average molecular weight is 356 g/mol. The van der Waals surface area contributed by atoms with Crippen molar-refractivity contribution in [2.45, 2.75) is 13.3 Å². The maximum absolute atomic E-state index is 12.3. The van der Waals surface area contributed by atoms with Gasteiger partial charge in [-0.05, 0) is 36.2 Å². The van der Waals surface area contributed by atoms with Gasteiger partial charge in [-0.1, -0.05) is 37.3 Å². The van der Waals surface area contributed by atoms with Crippen LogP contribution >= 0.6 is 0 Å². The average Bonchev–Trinajstić information content (AvgIpc) is 2.62. The van der Waals surface area contributed by atoms with Crippen LogP contribution in [0.2, 0.25) is 0 Å². The predicted molar refractivity (Wildman–Crippen MR) is 100 cm³/mol. The molecule has 3 rings (SSSR count). The fourth-order valence-corrected chi connectivity index (χ4v) is 3.40. The van der Waals surface area contributed by atoms with Crippen molar-refractivity contribution in [2.75, 3.05) is 17.1 Å². The number of para-hydroxylation sites is 1. The van der Waals surface area contributed by atoms with Gasteiger partial charge in [-0.3, -0.25) is 9.71 Å². The van der Waals surface area contributed by atoms with Crippen molar-refractivity contribution in [2.24, 2.45) is 0 Å². The van der Waals surface area contributed by atoms with E-state index in [0.29, 0.717) is 17.0 Å². The molecular weight excluding hydrogens is 336 g/mol. The molecule has 0 radical (unpaired) electrons. The first-order chi connectivity index (χ1) is 12.1. The molecule has 0 amide bonds. The van der Waals surface area contributed by atoms with Crippen molar-refractivity contribution in [1.82, 2.24) is 4.98 Å². The summed E-state index contributed by atoms with van der Waals surface area (Å²) in [6, 6.07) is 16.8. The maximum Gasteiger partial charge on any atom is 0.236 e. The summed E-state index contributed by atoms with van der Waals surface area (Å²) in [5.41, 5.74) is 2.32. The van der Waals surface area contributed by atoms with Crippen LogP contribution < -0.4 is 9.46 Å². The predicted octanol–water partition coefficient (Wildman–Crippen LogP) is 3.62. The van der Waals surface area contributed by atoms with E-state index in [1.807, 2.05) is 42.5 Å². The molecule has 1 heterocycles. The lowest BCUT2D eigenvalue weighted by molar-refractivity contribution is 0.341. The van der Waals surface area contributed by atoms with Crippen LogP contribution in [-0.4, -0.2) is 25.8 Å². The monoisotopic (exact) mass is 356 g/mol. The van der Waals surface area contributed by atoms with Crippen LogP contribution in [0.5, 0.6) is 5.75 Å². The Labute approximate surface area is 147 Å². The standard InChI is InChI=1S/C19H20N2O3S/c1-2-15-8-10-17(11-9-15)24-13-14-25(22,23)21-18-7-3-5-16-6-4-12-20-19(16)18/h3-12,21H,2,13-14H2,1H3. The molecule has 1 N–H and O–H groups in total. The zero-order valence-corrected chi connectivity index (χ0v) is 14.8. The van der Waals surface area contributed by atoms with E-state index < -0.39 is 10.0 Å². The Kier molecular flexibility index (Phi) is 5.19. The minimum absolute atomic E-state index is 0.0823. The van der Waals surface area contributed by atoms with Crippen LogP contribution in [-0.2, 0) is 16.4 Å². The van der Waals surface area contributed by atoms with E-state index in [-0.39, 0.29) is 12.4 Å². The SMILES string of the molecule is CCc1ccc(OCCS(=O)(=O)Nc2cccc3cccnc23)cc1. The lowest BCUT2D eigenvalue weighted by atomic mass is 10.2. The van der Waals surface area contributed by atoms with Crippen LogP contribution in [0.3, 0.4) is 0 Å². The van der Waals surface area contributed by atoms with Gasteiger partial charge >= 0.3 is 0 Å². The number of rotatable bonds is 7. The van der Waals surface area contributed by atoms with E-state index in [9.17, 15) is 8.42 Å². The van der Waals surface area contributed by atoms with Gasteiger partial charge in [0, 0.05) is 11.6 Å². The van der Waals surface area contributed by atoms with Crippen LogP contribution in [0.1, 0.15) is 12.5 Å². The fraction of sp³-hybridized carbons (Fsp3) is 0.211. The number of pyridine rings is 1. The van der Waals surface area contributed by atoms with E-state index in [1.54, 1.807) is 18.3 Å². The third-order valence-electron chi connectivity index (χ3n) is 3.85. The highest BCUT2D eigenvalue weighted by atomic mass is 32.2. The summed E-state index contributed by atoms with van der Waals surface area (Å²) in [4.78, 5) is 4.25. The first-order valence-electron chi connectivity index (χ1n) is 8.13. The number of aromatic nitrogens is 1. The summed E-state index contributed by atoms with van der Waals surface area (Å²) in [6.45, 7) is 2.16. The van der Waals surface area contributed by atoms with E-state index in [1.165, 1.54) is 5.56 Å². The highest BCUT2D eigenvalue weighted by molar-refractivity contribution is 7.92. The lowest BCUT2D eigenvalue weighted by Crippen LogP contribution is -2.21. The molecule has 6 heteroatoms. The lowest BCUT2D eigenvalue weighted by Gasteiger charge is -2.11. The quantitative estimate of drug-likeness (QED) is 0.702. The highest BCUT2D eigenvalue weighted by Crippen LogP contribution is 2.21. The summed E-state index contributed by atoms with van der Waals surface area (Å²) in [5.74, 6) is 0.533. The summed E-state index contributed by atoms with van der Waals surface area (Å²) in [7, 11) is -3.52. The number of hydrogen-bond acceptors (Lipinski definition) is 4. The molecule has 0 saturated heterocycles. The molecule has 130 valence electrons. The molecule has 2 aromatic carbocycles. The summed E-state index contributed by atoms with van der Waals surface area (Å²) < 4.78 is 32.8. The van der Waals surface area contributed by atoms with Crippen molar-refractivity contribution in [3.05, 3.63) is 66.4 Å². The van der Waals surface area contributed by atoms with E-state index >= 15 is 0 Å². The molecule has 0 unspecified atom stereocenters. The molecule has 1 aromatic heterocycles. The third-order valence-corrected chi connectivity index (χ3v) is 5.09. The van der Waals surface area contributed by atoms with E-state index in [2.05, 4.69) is 16.6 Å². The molecule has 0 aliphatic carbocycles. The Hall–Kier alpha value is -2.60. The zero-order valence-electron chi connectivity index (χ0n) is 14.0. The normalized spacial score (nSPS) is 11.4. The van der Waals surface area contributed by atoms with Gasteiger partial charge < -0.3 is 4.74 Å². The Morgan fingerprint density at radius 1 is 1.04 bits per heavy atom. The molecule has 0 fully saturated rings. The Bertz CT molecular complexity index is 949. The fourth-order valence-electron chi connectivity index (χ4n) is 2.50. The first-order valence-corrected chi connectivity index (χ1v) is 9.78. The largest absolute Gasteiger partial charge is 0.492 e. The summed E-state index contributed by atoms with van der Waals surface area (Å²) in [6.07, 6.45) is 2.60. The van der Waals surface area contributed by atoms with Gasteiger partial charge in [-0.15, -0.1) is 0 Å². The number of sulfonamides is 1. The van der Waals surface area contributed by atoms with Gasteiger partial charge in [-0.2, -0.15) is 0 Å². The second kappa shape index (κ2) is 7.53. The summed E-state index contributed by atoms with van der Waals surface area (Å²) >= 11 is 0. The smallest absolute Gasteiger partial charge is 0.236 e. The van der Waals surface area contributed by atoms with E-state index in [0.717, 1.165) is 11.8 Å². The van der Waals surface area contributed by atoms with Crippen molar-refractivity contribution >= 4 is 26.6 Å². The van der Waals surface area contributed by atoms with Crippen molar-refractivity contribution in [1.29, 1.82) is 0 Å². The van der Waals surface area contributed by atoms with Crippen LogP contribution in [0.15, 0.2) is 60.8 Å². The third kappa shape index (κ3) is 4.48. The number of anilines is 1. The molecule has 0 atom stereocenters. The zero-order chi connectivity index (χ0) is 17.7. The Morgan fingerprint density at radius 3 is 2.56 bits per heavy atom. The molecule has 0 saturated carbocycles. The molecule has 25 heavy (non-hydrogen) atoms. The van der Waals surface area contributed by atoms with Gasteiger partial charge in [0.25, 0.3) is 0 Å². The Balaban J connectivity index is 1.63. The molecule has 0 aliphatic heterocycles. The number of aryl methyl sites for hydroxylation is 1. The number of hydrogen-bond donors (Lipinski definition) is 1. The van der Waals surface area contributed by atoms with Crippen LogP contribution in [0.4, 0.5) is 5.69 Å². The minimum atomic E-state index is -3.52. The van der Waals surface area contributed by atoms with Gasteiger partial charge in [-0.25, -0.2) is 8.42 Å². The van der Waals surface area contributed by atoms with Gasteiger partial charge in [0.1, 0.15) is 18.1 Å². The van der Waals surface area contributed by atoms with Crippen molar-refractivity contribution in [3.8, 4) is 5.75 Å². The van der Waals surface area contributed by atoms with Gasteiger partial charge in [0.2, 0.25) is 10.0 Å². The van der Waals surface area contributed by atoms with Crippen molar-refractivity contribution in [3.63, 3.8) is 0 Å². The number of ether oxygens (including phenoxy) is 1. The first kappa shape index (κ1) is 17.2. The van der Waals surface area contributed by atoms with Crippen LogP contribution in [0.25, 0.3) is 10.9 Å². The second-order valence-electron chi connectivity index (χ2n) is 5.65. The Morgan fingerprint density at radius 2 is 1.80 bits per heavy atom. The number of benzene rings is 2. The number of fused-ring (bicyclic) bond motifs is 1. The van der Waals surface area contributed by atoms with Gasteiger partial charge in [0.15, 0.2) is 0 Å². The highest BCUT2D eigenvalue weighted by Gasteiger charge is 2.13. The summed E-state index contributed by atoms with van der Waals surface area (Å²) in [5, 5.41) is 0.884. The van der Waals surface area contributed by atoms with Crippen LogP contribution in [0, 0.1) is 0 Å². The van der Waals surface area contributed by atoms with Crippen molar-refractivity contribution < 1.29 is 13.2 Å². The van der Waals surface area contributed by atoms with E-state index in [4.69, 9.17) is 4.74 Å². The number of nitrogens with one attached hydrogen (secondary N) is 1. The molecule has 5 nitrogen and oxygen atoms in total. The molecular formula is C19H20N2O3S. The minimum Gasteiger partial charge on any atom is -0.492 e.